The van der Waals surface area contributed by atoms with Gasteiger partial charge in [-0.15, -0.1) is 0 Å². The molecule has 0 radical (unpaired) electrons. The van der Waals surface area contributed by atoms with E-state index in [0.29, 0.717) is 5.56 Å². The van der Waals surface area contributed by atoms with E-state index in [9.17, 15) is 19.7 Å². The Morgan fingerprint density at radius 2 is 1.86 bits per heavy atom. The summed E-state index contributed by atoms with van der Waals surface area (Å²) in [6.07, 6.45) is -0.538. The first-order chi connectivity index (χ1) is 13.2. The van der Waals surface area contributed by atoms with Crippen LogP contribution in [0.4, 0.5) is 5.69 Å². The Balaban J connectivity index is 2.39. The summed E-state index contributed by atoms with van der Waals surface area (Å²) < 4.78 is 5.95. The lowest BCUT2D eigenvalue weighted by atomic mass is 10.0. The zero-order valence-corrected chi connectivity index (χ0v) is 17.9. The van der Waals surface area contributed by atoms with Crippen LogP contribution in [0.2, 0.25) is 0 Å². The molecule has 2 rings (SSSR count). The van der Waals surface area contributed by atoms with Gasteiger partial charge in [0.1, 0.15) is 0 Å². The fourth-order valence-corrected chi connectivity index (χ4v) is 3.33. The Labute approximate surface area is 176 Å². The summed E-state index contributed by atoms with van der Waals surface area (Å²) in [6.45, 7) is 5.31. The largest absolute Gasteiger partial charge is 0.463 e. The van der Waals surface area contributed by atoms with E-state index in [1.807, 2.05) is 13.0 Å². The average Bonchev–Trinajstić information content (AvgIpc) is 2.62. The third-order valence-electron chi connectivity index (χ3n) is 3.99. The number of esters is 1. The van der Waals surface area contributed by atoms with E-state index in [0.717, 1.165) is 9.13 Å². The SMILES string of the molecule is Cc1cccc(C(=O)NC(CC(=O)OC(C)C)c2ccccc2[N+](=O)[O-])c1I. The van der Waals surface area contributed by atoms with Gasteiger partial charge in [-0.3, -0.25) is 19.7 Å². The fraction of sp³-hybridized carbons (Fsp3) is 0.300. The molecule has 148 valence electrons. The lowest BCUT2D eigenvalue weighted by molar-refractivity contribution is -0.385. The number of carbonyl (C=O) groups is 2. The van der Waals surface area contributed by atoms with Gasteiger partial charge in [-0.2, -0.15) is 0 Å². The predicted molar refractivity (Wildman–Crippen MR) is 113 cm³/mol. The molecule has 0 aromatic heterocycles. The van der Waals surface area contributed by atoms with Gasteiger partial charge < -0.3 is 10.1 Å². The van der Waals surface area contributed by atoms with Gasteiger partial charge in [-0.25, -0.2) is 0 Å². The smallest absolute Gasteiger partial charge is 0.308 e. The minimum Gasteiger partial charge on any atom is -0.463 e. The number of nitrogens with one attached hydrogen (secondary N) is 1. The molecule has 1 N–H and O–H groups in total. The van der Waals surface area contributed by atoms with Crippen molar-refractivity contribution in [3.05, 3.63) is 72.8 Å². The molecule has 1 atom stereocenters. The van der Waals surface area contributed by atoms with Crippen LogP contribution in [-0.2, 0) is 9.53 Å². The van der Waals surface area contributed by atoms with Gasteiger partial charge in [0.05, 0.1) is 34.6 Å². The van der Waals surface area contributed by atoms with Gasteiger partial charge in [-0.1, -0.05) is 30.3 Å². The summed E-state index contributed by atoms with van der Waals surface area (Å²) in [7, 11) is 0. The van der Waals surface area contributed by atoms with E-state index < -0.39 is 22.8 Å². The fourth-order valence-electron chi connectivity index (χ4n) is 2.72. The number of carbonyl (C=O) groups excluding carboxylic acids is 2. The van der Waals surface area contributed by atoms with E-state index in [2.05, 4.69) is 27.9 Å². The first-order valence-electron chi connectivity index (χ1n) is 8.69. The zero-order chi connectivity index (χ0) is 20.8. The number of halogens is 1. The number of nitro benzene ring substituents is 1. The molecule has 0 saturated carbocycles. The molecule has 0 heterocycles. The standard InChI is InChI=1S/C20H21IN2O5/c1-12(2)28-18(24)11-16(14-8-4-5-10-17(14)23(26)27)22-20(25)15-9-6-7-13(3)19(15)21/h4-10,12,16H,11H2,1-3H3,(H,22,25). The highest BCUT2D eigenvalue weighted by Gasteiger charge is 2.27. The molecule has 0 aliphatic rings. The Kier molecular flexibility index (Phi) is 7.50. The summed E-state index contributed by atoms with van der Waals surface area (Å²) in [4.78, 5) is 36.0. The first kappa shape index (κ1) is 21.8. The van der Waals surface area contributed by atoms with Crippen molar-refractivity contribution in [3.63, 3.8) is 0 Å². The van der Waals surface area contributed by atoms with E-state index in [1.54, 1.807) is 32.0 Å². The van der Waals surface area contributed by atoms with Crippen molar-refractivity contribution in [2.75, 3.05) is 0 Å². The highest BCUT2D eigenvalue weighted by atomic mass is 127. The van der Waals surface area contributed by atoms with Crippen molar-refractivity contribution in [1.29, 1.82) is 0 Å². The van der Waals surface area contributed by atoms with Gasteiger partial charge in [0, 0.05) is 9.64 Å². The monoisotopic (exact) mass is 496 g/mol. The predicted octanol–water partition coefficient (Wildman–Crippen LogP) is 4.32. The van der Waals surface area contributed by atoms with E-state index in [-0.39, 0.29) is 23.8 Å². The summed E-state index contributed by atoms with van der Waals surface area (Å²) in [5.74, 6) is -0.953. The topological polar surface area (TPSA) is 98.5 Å². The molecule has 1 amide bonds. The zero-order valence-electron chi connectivity index (χ0n) is 15.8. The first-order valence-corrected chi connectivity index (χ1v) is 9.77. The van der Waals surface area contributed by atoms with Crippen LogP contribution in [0.5, 0.6) is 0 Å². The molecule has 8 heteroatoms. The van der Waals surface area contributed by atoms with Crippen molar-refractivity contribution in [1.82, 2.24) is 5.32 Å². The second-order valence-corrected chi connectivity index (χ2v) is 7.60. The maximum atomic E-state index is 12.8. The summed E-state index contributed by atoms with van der Waals surface area (Å²) >= 11 is 2.08. The van der Waals surface area contributed by atoms with Crippen molar-refractivity contribution >= 4 is 40.2 Å². The number of rotatable bonds is 7. The number of amides is 1. The molecular weight excluding hydrogens is 475 g/mol. The van der Waals surface area contributed by atoms with Crippen molar-refractivity contribution in [3.8, 4) is 0 Å². The third-order valence-corrected chi connectivity index (χ3v) is 5.42. The molecule has 7 nitrogen and oxygen atoms in total. The molecule has 0 fully saturated rings. The Morgan fingerprint density at radius 1 is 1.18 bits per heavy atom. The average molecular weight is 496 g/mol. The van der Waals surface area contributed by atoms with Crippen molar-refractivity contribution < 1.29 is 19.2 Å². The van der Waals surface area contributed by atoms with Crippen LogP contribution >= 0.6 is 22.6 Å². The van der Waals surface area contributed by atoms with Crippen LogP contribution in [0.3, 0.4) is 0 Å². The van der Waals surface area contributed by atoms with Crippen LogP contribution in [0.15, 0.2) is 42.5 Å². The van der Waals surface area contributed by atoms with E-state index >= 15 is 0 Å². The Bertz CT molecular complexity index is 898. The maximum Gasteiger partial charge on any atom is 0.308 e. The molecule has 0 saturated heterocycles. The van der Waals surface area contributed by atoms with Gasteiger partial charge in [0.25, 0.3) is 11.6 Å². The molecular formula is C20H21IN2O5. The highest BCUT2D eigenvalue weighted by Crippen LogP contribution is 2.28. The van der Waals surface area contributed by atoms with Crippen LogP contribution in [0.1, 0.15) is 47.8 Å². The summed E-state index contributed by atoms with van der Waals surface area (Å²) in [5, 5.41) is 14.2. The van der Waals surface area contributed by atoms with Crippen LogP contribution in [0.25, 0.3) is 0 Å². The minimum absolute atomic E-state index is 0.163. The number of para-hydroxylation sites is 1. The highest BCUT2D eigenvalue weighted by molar-refractivity contribution is 14.1. The normalized spacial score (nSPS) is 11.8. The number of nitrogens with zero attached hydrogens (tertiary/aromatic N) is 1. The molecule has 2 aromatic carbocycles. The number of nitro groups is 1. The second-order valence-electron chi connectivity index (χ2n) is 6.52. The number of aryl methyl sites for hydroxylation is 1. The molecule has 28 heavy (non-hydrogen) atoms. The lowest BCUT2D eigenvalue weighted by Gasteiger charge is -2.20. The Hall–Kier alpha value is -2.49. The molecule has 1 unspecified atom stereocenters. The van der Waals surface area contributed by atoms with Gasteiger partial charge in [0.2, 0.25) is 0 Å². The lowest BCUT2D eigenvalue weighted by Crippen LogP contribution is -2.32. The third kappa shape index (κ3) is 5.51. The van der Waals surface area contributed by atoms with Gasteiger partial charge in [0.15, 0.2) is 0 Å². The second kappa shape index (κ2) is 9.63. The Morgan fingerprint density at radius 3 is 2.50 bits per heavy atom. The molecule has 0 aliphatic carbocycles. The molecule has 2 aromatic rings. The maximum absolute atomic E-state index is 12.8. The molecule has 0 bridgehead atoms. The number of benzene rings is 2. The number of ether oxygens (including phenoxy) is 1. The van der Waals surface area contributed by atoms with Gasteiger partial charge in [-0.05, 0) is 55.0 Å². The number of hydrogen-bond acceptors (Lipinski definition) is 5. The summed E-state index contributed by atoms with van der Waals surface area (Å²) in [5.41, 5.74) is 1.48. The molecule has 0 spiro atoms. The van der Waals surface area contributed by atoms with Crippen LogP contribution in [0, 0.1) is 20.6 Å². The van der Waals surface area contributed by atoms with Crippen LogP contribution in [-0.4, -0.2) is 22.9 Å². The molecule has 0 aliphatic heterocycles. The summed E-state index contributed by atoms with van der Waals surface area (Å²) in [6, 6.07) is 10.5. The minimum atomic E-state index is -0.892. The quantitative estimate of drug-likeness (QED) is 0.267. The van der Waals surface area contributed by atoms with Crippen LogP contribution < -0.4 is 5.32 Å². The van der Waals surface area contributed by atoms with E-state index in [1.165, 1.54) is 18.2 Å². The van der Waals surface area contributed by atoms with Gasteiger partial charge >= 0.3 is 5.97 Å². The van der Waals surface area contributed by atoms with Crippen molar-refractivity contribution in [2.24, 2.45) is 0 Å². The van der Waals surface area contributed by atoms with E-state index in [4.69, 9.17) is 4.74 Å². The number of hydrogen-bond donors (Lipinski definition) is 1. The van der Waals surface area contributed by atoms with Crippen molar-refractivity contribution in [2.45, 2.75) is 39.3 Å².